The maximum absolute atomic E-state index is 9.18. The normalized spacial score (nSPS) is 10.9. The molecule has 0 spiro atoms. The summed E-state index contributed by atoms with van der Waals surface area (Å²) in [5, 5.41) is 9.18. The molecule has 0 aliphatic carbocycles. The van der Waals surface area contributed by atoms with E-state index in [0.29, 0.717) is 17.2 Å². The number of imidazole rings is 1. The second kappa shape index (κ2) is 4.86. The molecule has 102 valence electrons. The van der Waals surface area contributed by atoms with Gasteiger partial charge in [-0.15, -0.1) is 0 Å². The van der Waals surface area contributed by atoms with Gasteiger partial charge in [0.2, 0.25) is 0 Å². The first-order valence-corrected chi connectivity index (χ1v) is 6.25. The number of nitrogens with zero attached hydrogens (tertiary/aromatic N) is 2. The van der Waals surface area contributed by atoms with Crippen LogP contribution in [-0.2, 0) is 6.61 Å². The number of ether oxygens (including phenoxy) is 1. The zero-order valence-corrected chi connectivity index (χ0v) is 11.1. The van der Waals surface area contributed by atoms with Gasteiger partial charge in [-0.1, -0.05) is 12.1 Å². The van der Waals surface area contributed by atoms with Crippen molar-refractivity contribution in [2.45, 2.75) is 6.61 Å². The van der Waals surface area contributed by atoms with Crippen LogP contribution in [0.25, 0.3) is 16.9 Å². The molecule has 3 aromatic rings. The van der Waals surface area contributed by atoms with Gasteiger partial charge in [-0.05, 0) is 29.8 Å². The monoisotopic (exact) mass is 269 g/mol. The Balaban J connectivity index is 2.23. The van der Waals surface area contributed by atoms with E-state index in [0.717, 1.165) is 16.9 Å². The highest BCUT2D eigenvalue weighted by Gasteiger charge is 2.14. The maximum Gasteiger partial charge on any atom is 0.139 e. The third-order valence-corrected chi connectivity index (χ3v) is 3.27. The summed E-state index contributed by atoms with van der Waals surface area (Å²) in [6, 6.07) is 11.2. The molecule has 0 bridgehead atoms. The lowest BCUT2D eigenvalue weighted by molar-refractivity contribution is 0.282. The van der Waals surface area contributed by atoms with E-state index in [1.54, 1.807) is 11.5 Å². The topological polar surface area (TPSA) is 72.8 Å². The van der Waals surface area contributed by atoms with Crippen LogP contribution in [0.15, 0.2) is 42.6 Å². The van der Waals surface area contributed by atoms with E-state index in [4.69, 9.17) is 10.5 Å². The number of nitrogen functional groups attached to an aromatic ring is 1. The second-order valence-corrected chi connectivity index (χ2v) is 4.47. The fourth-order valence-electron chi connectivity index (χ4n) is 2.24. The number of fused-ring (bicyclic) bond motifs is 1. The molecule has 1 aromatic carbocycles. The van der Waals surface area contributed by atoms with Crippen molar-refractivity contribution < 1.29 is 9.84 Å². The number of nitrogens with two attached hydrogens (primary N) is 1. The molecule has 2 heterocycles. The number of aromatic nitrogens is 2. The standard InChI is InChI=1S/C15H15N3O2/c1-20-12-5-3-2-4-11(12)14-15(16)18-7-6-10(9-19)8-13(18)17-14/h2-8,19H,9,16H2,1H3. The highest BCUT2D eigenvalue weighted by Crippen LogP contribution is 2.33. The van der Waals surface area contributed by atoms with Crippen LogP contribution in [0, 0.1) is 0 Å². The lowest BCUT2D eigenvalue weighted by Crippen LogP contribution is -1.95. The van der Waals surface area contributed by atoms with E-state index in [1.165, 1.54) is 0 Å². The molecule has 5 heteroatoms. The molecule has 0 aliphatic rings. The van der Waals surface area contributed by atoms with Crippen LogP contribution >= 0.6 is 0 Å². The third-order valence-electron chi connectivity index (χ3n) is 3.27. The van der Waals surface area contributed by atoms with Crippen LogP contribution in [0.4, 0.5) is 5.82 Å². The first kappa shape index (κ1) is 12.5. The van der Waals surface area contributed by atoms with Gasteiger partial charge in [0.15, 0.2) is 0 Å². The second-order valence-electron chi connectivity index (χ2n) is 4.47. The molecule has 20 heavy (non-hydrogen) atoms. The molecule has 0 aliphatic heterocycles. The molecular weight excluding hydrogens is 254 g/mol. The lowest BCUT2D eigenvalue weighted by atomic mass is 10.1. The number of anilines is 1. The molecule has 3 rings (SSSR count). The van der Waals surface area contributed by atoms with Crippen molar-refractivity contribution in [3.8, 4) is 17.0 Å². The number of aliphatic hydroxyl groups is 1. The van der Waals surface area contributed by atoms with Crippen molar-refractivity contribution in [1.29, 1.82) is 0 Å². The Hall–Kier alpha value is -2.53. The fourth-order valence-corrected chi connectivity index (χ4v) is 2.24. The smallest absolute Gasteiger partial charge is 0.139 e. The van der Waals surface area contributed by atoms with Gasteiger partial charge >= 0.3 is 0 Å². The van der Waals surface area contributed by atoms with Crippen LogP contribution in [0.2, 0.25) is 0 Å². The Labute approximate surface area is 116 Å². The first-order chi connectivity index (χ1) is 9.74. The molecule has 0 amide bonds. The van der Waals surface area contributed by atoms with E-state index >= 15 is 0 Å². The number of benzene rings is 1. The lowest BCUT2D eigenvalue weighted by Gasteiger charge is -2.06. The Kier molecular flexibility index (Phi) is 3.04. The molecule has 2 aromatic heterocycles. The van der Waals surface area contributed by atoms with Crippen LogP contribution < -0.4 is 10.5 Å². The average molecular weight is 269 g/mol. The van der Waals surface area contributed by atoms with E-state index in [2.05, 4.69) is 4.98 Å². The highest BCUT2D eigenvalue weighted by atomic mass is 16.5. The summed E-state index contributed by atoms with van der Waals surface area (Å²) in [4.78, 5) is 4.55. The number of methoxy groups -OCH3 is 1. The van der Waals surface area contributed by atoms with E-state index in [1.807, 2.05) is 42.6 Å². The van der Waals surface area contributed by atoms with Gasteiger partial charge in [0, 0.05) is 11.8 Å². The quantitative estimate of drug-likeness (QED) is 0.763. The fraction of sp³-hybridized carbons (Fsp3) is 0.133. The molecule has 3 N–H and O–H groups in total. The molecule has 5 nitrogen and oxygen atoms in total. The Morgan fingerprint density at radius 1 is 1.30 bits per heavy atom. The van der Waals surface area contributed by atoms with Crippen LogP contribution in [0.1, 0.15) is 5.56 Å². The number of aliphatic hydroxyl groups excluding tert-OH is 1. The summed E-state index contributed by atoms with van der Waals surface area (Å²) in [7, 11) is 1.62. The summed E-state index contributed by atoms with van der Waals surface area (Å²) in [5.74, 6) is 1.28. The predicted molar refractivity (Wildman–Crippen MR) is 77.5 cm³/mol. The van der Waals surface area contributed by atoms with Gasteiger partial charge < -0.3 is 15.6 Å². The van der Waals surface area contributed by atoms with Gasteiger partial charge in [-0.3, -0.25) is 4.40 Å². The maximum atomic E-state index is 9.18. The number of hydrogen-bond donors (Lipinski definition) is 2. The summed E-state index contributed by atoms with van der Waals surface area (Å²) in [6.07, 6.45) is 1.81. The van der Waals surface area contributed by atoms with E-state index < -0.39 is 0 Å². The van der Waals surface area contributed by atoms with Crippen LogP contribution in [-0.4, -0.2) is 21.6 Å². The molecule has 0 fully saturated rings. The van der Waals surface area contributed by atoms with Crippen molar-refractivity contribution in [1.82, 2.24) is 9.38 Å². The van der Waals surface area contributed by atoms with Crippen molar-refractivity contribution in [2.75, 3.05) is 12.8 Å². The van der Waals surface area contributed by atoms with Crippen molar-refractivity contribution in [2.24, 2.45) is 0 Å². The summed E-state index contributed by atoms with van der Waals surface area (Å²) in [5.41, 5.74) is 9.20. The van der Waals surface area contributed by atoms with Crippen LogP contribution in [0.5, 0.6) is 5.75 Å². The van der Waals surface area contributed by atoms with Crippen molar-refractivity contribution >= 4 is 11.5 Å². The zero-order chi connectivity index (χ0) is 14.1. The SMILES string of the molecule is COc1ccccc1-c1nc2cc(CO)ccn2c1N. The van der Waals surface area contributed by atoms with Crippen molar-refractivity contribution in [3.05, 3.63) is 48.2 Å². The van der Waals surface area contributed by atoms with E-state index in [9.17, 15) is 5.11 Å². The van der Waals surface area contributed by atoms with Crippen molar-refractivity contribution in [3.63, 3.8) is 0 Å². The Morgan fingerprint density at radius 3 is 2.85 bits per heavy atom. The molecule has 0 saturated carbocycles. The number of hydrogen-bond acceptors (Lipinski definition) is 4. The third kappa shape index (κ3) is 1.88. The summed E-state index contributed by atoms with van der Waals surface area (Å²) >= 11 is 0. The van der Waals surface area contributed by atoms with Gasteiger partial charge in [0.05, 0.1) is 13.7 Å². The summed E-state index contributed by atoms with van der Waals surface area (Å²) in [6.45, 7) is -0.0206. The minimum absolute atomic E-state index is 0.0206. The summed E-state index contributed by atoms with van der Waals surface area (Å²) < 4.78 is 7.14. The molecule has 0 unspecified atom stereocenters. The molecule has 0 atom stereocenters. The molecule has 0 radical (unpaired) electrons. The van der Waals surface area contributed by atoms with Gasteiger partial charge in [0.25, 0.3) is 0 Å². The number of para-hydroxylation sites is 1. The minimum atomic E-state index is -0.0206. The van der Waals surface area contributed by atoms with Gasteiger partial charge in [-0.25, -0.2) is 4.98 Å². The zero-order valence-electron chi connectivity index (χ0n) is 11.1. The Morgan fingerprint density at radius 2 is 2.10 bits per heavy atom. The largest absolute Gasteiger partial charge is 0.496 e. The molecular formula is C15H15N3O2. The highest BCUT2D eigenvalue weighted by molar-refractivity contribution is 5.79. The van der Waals surface area contributed by atoms with Crippen LogP contribution in [0.3, 0.4) is 0 Å². The number of pyridine rings is 1. The number of rotatable bonds is 3. The molecule has 0 saturated heterocycles. The van der Waals surface area contributed by atoms with E-state index in [-0.39, 0.29) is 6.61 Å². The predicted octanol–water partition coefficient (Wildman–Crippen LogP) is 2.08. The Bertz CT molecular complexity index is 765. The average Bonchev–Trinajstić information content (AvgIpc) is 2.83. The first-order valence-electron chi connectivity index (χ1n) is 6.25. The minimum Gasteiger partial charge on any atom is -0.496 e. The van der Waals surface area contributed by atoms with Gasteiger partial charge in [-0.2, -0.15) is 0 Å². The van der Waals surface area contributed by atoms with Gasteiger partial charge in [0.1, 0.15) is 22.9 Å².